The van der Waals surface area contributed by atoms with Crippen LogP contribution in [0.3, 0.4) is 0 Å². The third-order valence-corrected chi connectivity index (χ3v) is 3.78. The largest absolute Gasteiger partial charge is 0.290 e. The molecule has 0 spiro atoms. The topological polar surface area (TPSA) is 65.6 Å². The first-order valence-electron chi connectivity index (χ1n) is 7.65. The number of pyridine rings is 1. The van der Waals surface area contributed by atoms with Gasteiger partial charge < -0.3 is 0 Å². The first kappa shape index (κ1) is 15.4. The zero-order chi connectivity index (χ0) is 16.6. The molecule has 6 nitrogen and oxygen atoms in total. The molecule has 0 aliphatic heterocycles. The highest BCUT2D eigenvalue weighted by atomic mass is 16.1. The number of aromatic nitrogens is 5. The fourth-order valence-electron chi connectivity index (χ4n) is 2.77. The molecule has 3 rings (SSSR count). The molecule has 6 heteroatoms. The standard InChI is InChI=1S/C17H21N5O/c1-17(2,3)8-14(12-6-5-7-18-9-12)22-11-19-13-10-21(4)20-15(13)16(22)23/h5-7,9-11,14H,8H2,1-4H3/t14-/m1/s1. The van der Waals surface area contributed by atoms with Crippen LogP contribution in [-0.2, 0) is 7.05 Å². The molecule has 3 heterocycles. The molecule has 0 aromatic carbocycles. The van der Waals surface area contributed by atoms with Crippen molar-refractivity contribution in [2.75, 3.05) is 0 Å². The van der Waals surface area contributed by atoms with Gasteiger partial charge in [-0.15, -0.1) is 0 Å². The van der Waals surface area contributed by atoms with Crippen LogP contribution in [0.25, 0.3) is 11.0 Å². The minimum atomic E-state index is -0.117. The zero-order valence-corrected chi connectivity index (χ0v) is 13.9. The summed E-state index contributed by atoms with van der Waals surface area (Å²) >= 11 is 0. The van der Waals surface area contributed by atoms with E-state index >= 15 is 0 Å². The number of hydrogen-bond donors (Lipinski definition) is 0. The second kappa shape index (κ2) is 5.61. The van der Waals surface area contributed by atoms with Crippen molar-refractivity contribution in [2.45, 2.75) is 33.2 Å². The van der Waals surface area contributed by atoms with Crippen molar-refractivity contribution in [3.05, 3.63) is 53.0 Å². The van der Waals surface area contributed by atoms with Gasteiger partial charge in [0.05, 0.1) is 18.6 Å². The highest BCUT2D eigenvalue weighted by molar-refractivity contribution is 5.71. The van der Waals surface area contributed by atoms with Crippen molar-refractivity contribution < 1.29 is 0 Å². The maximum Gasteiger partial charge on any atom is 0.282 e. The number of aryl methyl sites for hydroxylation is 1. The molecule has 0 saturated heterocycles. The Kier molecular flexibility index (Phi) is 3.75. The van der Waals surface area contributed by atoms with Gasteiger partial charge in [0.25, 0.3) is 5.56 Å². The van der Waals surface area contributed by atoms with Crippen LogP contribution in [0, 0.1) is 5.41 Å². The van der Waals surface area contributed by atoms with Crippen molar-refractivity contribution in [1.29, 1.82) is 0 Å². The molecule has 23 heavy (non-hydrogen) atoms. The lowest BCUT2D eigenvalue weighted by atomic mass is 9.85. The Morgan fingerprint density at radius 2 is 2.09 bits per heavy atom. The van der Waals surface area contributed by atoms with Gasteiger partial charge in [0.15, 0.2) is 5.52 Å². The zero-order valence-electron chi connectivity index (χ0n) is 13.9. The van der Waals surface area contributed by atoms with E-state index in [0.29, 0.717) is 11.0 Å². The molecule has 0 unspecified atom stereocenters. The highest BCUT2D eigenvalue weighted by Crippen LogP contribution is 2.31. The first-order chi connectivity index (χ1) is 10.8. The fraction of sp³-hybridized carbons (Fsp3) is 0.412. The predicted octanol–water partition coefficient (Wildman–Crippen LogP) is 2.55. The van der Waals surface area contributed by atoms with E-state index in [-0.39, 0.29) is 17.0 Å². The molecule has 0 saturated carbocycles. The predicted molar refractivity (Wildman–Crippen MR) is 89.2 cm³/mol. The molecule has 0 radical (unpaired) electrons. The van der Waals surface area contributed by atoms with E-state index in [1.165, 1.54) is 0 Å². The Morgan fingerprint density at radius 3 is 2.74 bits per heavy atom. The van der Waals surface area contributed by atoms with E-state index in [2.05, 4.69) is 35.8 Å². The van der Waals surface area contributed by atoms with E-state index in [1.807, 2.05) is 18.3 Å². The fourth-order valence-corrected chi connectivity index (χ4v) is 2.77. The number of fused-ring (bicyclic) bond motifs is 1. The average molecular weight is 311 g/mol. The third-order valence-electron chi connectivity index (χ3n) is 3.78. The third kappa shape index (κ3) is 3.16. The lowest BCUT2D eigenvalue weighted by Gasteiger charge is -2.27. The van der Waals surface area contributed by atoms with Crippen LogP contribution in [0.4, 0.5) is 0 Å². The van der Waals surface area contributed by atoms with Gasteiger partial charge in [0.2, 0.25) is 0 Å². The lowest BCUT2D eigenvalue weighted by molar-refractivity contribution is 0.314. The lowest BCUT2D eigenvalue weighted by Crippen LogP contribution is -2.29. The Labute approximate surface area is 134 Å². The van der Waals surface area contributed by atoms with Gasteiger partial charge in [-0.3, -0.25) is 19.0 Å². The summed E-state index contributed by atoms with van der Waals surface area (Å²) in [7, 11) is 1.79. The van der Waals surface area contributed by atoms with Crippen LogP contribution in [-0.4, -0.2) is 24.3 Å². The average Bonchev–Trinajstić information content (AvgIpc) is 2.87. The number of hydrogen-bond acceptors (Lipinski definition) is 4. The monoisotopic (exact) mass is 311 g/mol. The Balaban J connectivity index is 2.17. The normalized spacial score (nSPS) is 13.4. The van der Waals surface area contributed by atoms with Crippen molar-refractivity contribution >= 4 is 11.0 Å². The van der Waals surface area contributed by atoms with Crippen molar-refractivity contribution in [2.24, 2.45) is 12.5 Å². The van der Waals surface area contributed by atoms with Gasteiger partial charge in [0.1, 0.15) is 5.52 Å². The van der Waals surface area contributed by atoms with E-state index in [0.717, 1.165) is 12.0 Å². The van der Waals surface area contributed by atoms with E-state index in [4.69, 9.17) is 0 Å². The summed E-state index contributed by atoms with van der Waals surface area (Å²) in [5, 5.41) is 4.25. The minimum Gasteiger partial charge on any atom is -0.290 e. The molecule has 3 aromatic rings. The second-order valence-electron chi connectivity index (χ2n) is 7.06. The van der Waals surface area contributed by atoms with Gasteiger partial charge in [-0.05, 0) is 23.5 Å². The van der Waals surface area contributed by atoms with Gasteiger partial charge in [-0.1, -0.05) is 26.8 Å². The Morgan fingerprint density at radius 1 is 1.30 bits per heavy atom. The quantitative estimate of drug-likeness (QED) is 0.745. The summed E-state index contributed by atoms with van der Waals surface area (Å²) in [5.74, 6) is 0. The summed E-state index contributed by atoms with van der Waals surface area (Å²) in [4.78, 5) is 21.5. The van der Waals surface area contributed by atoms with E-state index in [1.54, 1.807) is 35.0 Å². The molecule has 0 bridgehead atoms. The van der Waals surface area contributed by atoms with Crippen LogP contribution in [0.2, 0.25) is 0 Å². The SMILES string of the molecule is Cn1cc2ncn([C@H](CC(C)(C)C)c3cccnc3)c(=O)c2n1. The summed E-state index contributed by atoms with van der Waals surface area (Å²) in [5.41, 5.74) is 1.96. The first-order valence-corrected chi connectivity index (χ1v) is 7.65. The number of nitrogens with zero attached hydrogens (tertiary/aromatic N) is 5. The summed E-state index contributed by atoms with van der Waals surface area (Å²) in [6.45, 7) is 6.48. The molecule has 0 amide bonds. The Hall–Kier alpha value is -2.50. The molecule has 0 aliphatic carbocycles. The van der Waals surface area contributed by atoms with Crippen LogP contribution >= 0.6 is 0 Å². The summed E-state index contributed by atoms with van der Waals surface area (Å²) in [6.07, 6.45) is 7.73. The van der Waals surface area contributed by atoms with E-state index < -0.39 is 0 Å². The van der Waals surface area contributed by atoms with Crippen LogP contribution in [0.15, 0.2) is 41.8 Å². The van der Waals surface area contributed by atoms with Gasteiger partial charge >= 0.3 is 0 Å². The van der Waals surface area contributed by atoms with Gasteiger partial charge in [-0.25, -0.2) is 4.98 Å². The van der Waals surface area contributed by atoms with Crippen LogP contribution < -0.4 is 5.56 Å². The van der Waals surface area contributed by atoms with E-state index in [9.17, 15) is 4.79 Å². The molecule has 0 fully saturated rings. The highest BCUT2D eigenvalue weighted by Gasteiger charge is 2.24. The second-order valence-corrected chi connectivity index (χ2v) is 7.06. The van der Waals surface area contributed by atoms with Crippen LogP contribution in [0.1, 0.15) is 38.8 Å². The maximum atomic E-state index is 12.9. The van der Waals surface area contributed by atoms with Crippen molar-refractivity contribution in [3.8, 4) is 0 Å². The van der Waals surface area contributed by atoms with Crippen LogP contribution in [0.5, 0.6) is 0 Å². The molecule has 1 atom stereocenters. The minimum absolute atomic E-state index is 0.0546. The van der Waals surface area contributed by atoms with Crippen molar-refractivity contribution in [1.82, 2.24) is 24.3 Å². The molecular formula is C17H21N5O. The molecular weight excluding hydrogens is 290 g/mol. The molecule has 0 N–H and O–H groups in total. The van der Waals surface area contributed by atoms with Gasteiger partial charge in [0, 0.05) is 19.4 Å². The van der Waals surface area contributed by atoms with Crippen molar-refractivity contribution in [3.63, 3.8) is 0 Å². The Bertz CT molecular complexity index is 873. The number of rotatable bonds is 3. The molecule has 3 aromatic heterocycles. The van der Waals surface area contributed by atoms with Gasteiger partial charge in [-0.2, -0.15) is 5.10 Å². The molecule has 0 aliphatic rings. The smallest absolute Gasteiger partial charge is 0.282 e. The maximum absolute atomic E-state index is 12.9. The molecule has 120 valence electrons. The summed E-state index contributed by atoms with van der Waals surface area (Å²) in [6, 6.07) is 3.77. The summed E-state index contributed by atoms with van der Waals surface area (Å²) < 4.78 is 3.30.